The fourth-order valence-electron chi connectivity index (χ4n) is 4.58. The van der Waals surface area contributed by atoms with Gasteiger partial charge < -0.3 is 9.47 Å². The van der Waals surface area contributed by atoms with Crippen LogP contribution in [0.1, 0.15) is 29.5 Å². The molecule has 3 heteroatoms. The maximum atomic E-state index is 6.14. The van der Waals surface area contributed by atoms with Crippen LogP contribution in [0.25, 0.3) is 0 Å². The Morgan fingerprint density at radius 2 is 1.52 bits per heavy atom. The second-order valence-corrected chi connectivity index (χ2v) is 8.26. The SMILES string of the molecule is c1ccc(COc2ccc3c(c2)OCC32CCN(Cc3ccccc3)CC2)cc1. The lowest BCUT2D eigenvalue weighted by atomic mass is 9.74. The summed E-state index contributed by atoms with van der Waals surface area (Å²) in [6, 6.07) is 27.5. The van der Waals surface area contributed by atoms with Crippen molar-refractivity contribution < 1.29 is 9.47 Å². The molecule has 148 valence electrons. The molecule has 1 spiro atoms. The first kappa shape index (κ1) is 18.3. The molecule has 2 aliphatic heterocycles. The quantitative estimate of drug-likeness (QED) is 0.603. The van der Waals surface area contributed by atoms with Gasteiger partial charge in [-0.15, -0.1) is 0 Å². The number of hydrogen-bond donors (Lipinski definition) is 0. The molecule has 1 saturated heterocycles. The van der Waals surface area contributed by atoms with Gasteiger partial charge in [0.1, 0.15) is 18.1 Å². The average molecular weight is 386 g/mol. The topological polar surface area (TPSA) is 21.7 Å². The lowest BCUT2D eigenvalue weighted by Gasteiger charge is -2.38. The second kappa shape index (κ2) is 7.92. The number of likely N-dealkylation sites (tertiary alicyclic amines) is 1. The Hall–Kier alpha value is -2.78. The molecule has 0 saturated carbocycles. The van der Waals surface area contributed by atoms with E-state index in [1.165, 1.54) is 16.7 Å². The van der Waals surface area contributed by atoms with Crippen molar-refractivity contribution in [2.75, 3.05) is 19.7 Å². The first-order valence-corrected chi connectivity index (χ1v) is 10.5. The summed E-state index contributed by atoms with van der Waals surface area (Å²) < 4.78 is 12.1. The molecule has 1 fully saturated rings. The van der Waals surface area contributed by atoms with Crippen molar-refractivity contribution in [1.29, 1.82) is 0 Å². The van der Waals surface area contributed by atoms with Crippen molar-refractivity contribution >= 4 is 0 Å². The van der Waals surface area contributed by atoms with Crippen LogP contribution in [0.15, 0.2) is 78.9 Å². The van der Waals surface area contributed by atoms with E-state index in [4.69, 9.17) is 9.47 Å². The van der Waals surface area contributed by atoms with Crippen LogP contribution >= 0.6 is 0 Å². The summed E-state index contributed by atoms with van der Waals surface area (Å²) >= 11 is 0. The minimum absolute atomic E-state index is 0.167. The minimum Gasteiger partial charge on any atom is -0.492 e. The molecule has 0 aliphatic carbocycles. The number of nitrogens with zero attached hydrogens (tertiary/aromatic N) is 1. The summed E-state index contributed by atoms with van der Waals surface area (Å²) in [4.78, 5) is 2.57. The van der Waals surface area contributed by atoms with Crippen LogP contribution in [0.2, 0.25) is 0 Å². The molecule has 0 N–H and O–H groups in total. The van der Waals surface area contributed by atoms with E-state index in [-0.39, 0.29) is 5.41 Å². The third kappa shape index (κ3) is 3.88. The van der Waals surface area contributed by atoms with E-state index < -0.39 is 0 Å². The van der Waals surface area contributed by atoms with Crippen molar-refractivity contribution in [3.8, 4) is 11.5 Å². The fraction of sp³-hybridized carbons (Fsp3) is 0.308. The van der Waals surface area contributed by atoms with Crippen LogP contribution in [0.5, 0.6) is 11.5 Å². The van der Waals surface area contributed by atoms with Crippen LogP contribution in [0, 0.1) is 0 Å². The Balaban J connectivity index is 1.23. The first-order valence-electron chi connectivity index (χ1n) is 10.5. The van der Waals surface area contributed by atoms with Gasteiger partial charge in [-0.25, -0.2) is 0 Å². The largest absolute Gasteiger partial charge is 0.492 e. The van der Waals surface area contributed by atoms with Gasteiger partial charge in [-0.2, -0.15) is 0 Å². The summed E-state index contributed by atoms with van der Waals surface area (Å²) in [5.41, 5.74) is 4.10. The monoisotopic (exact) mass is 385 g/mol. The number of fused-ring (bicyclic) bond motifs is 2. The molecule has 2 aliphatic rings. The maximum Gasteiger partial charge on any atom is 0.126 e. The summed E-state index contributed by atoms with van der Waals surface area (Å²) in [5.74, 6) is 1.89. The number of benzene rings is 3. The highest BCUT2D eigenvalue weighted by Crippen LogP contribution is 2.46. The van der Waals surface area contributed by atoms with Gasteiger partial charge in [0.15, 0.2) is 0 Å². The molecule has 3 aromatic carbocycles. The highest BCUT2D eigenvalue weighted by atomic mass is 16.5. The highest BCUT2D eigenvalue weighted by Gasteiger charge is 2.43. The van der Waals surface area contributed by atoms with Crippen molar-refractivity contribution in [2.24, 2.45) is 0 Å². The molecule has 5 rings (SSSR count). The Morgan fingerprint density at radius 1 is 0.828 bits per heavy atom. The van der Waals surface area contributed by atoms with Gasteiger partial charge in [-0.05, 0) is 43.1 Å². The summed E-state index contributed by atoms with van der Waals surface area (Å²) in [6.45, 7) is 4.65. The highest BCUT2D eigenvalue weighted by molar-refractivity contribution is 5.48. The zero-order valence-electron chi connectivity index (χ0n) is 16.7. The number of rotatable bonds is 5. The average Bonchev–Trinajstić information content (AvgIpc) is 3.13. The predicted molar refractivity (Wildman–Crippen MR) is 115 cm³/mol. The van der Waals surface area contributed by atoms with Gasteiger partial charge in [0.05, 0.1) is 6.61 Å². The van der Waals surface area contributed by atoms with E-state index in [9.17, 15) is 0 Å². The van der Waals surface area contributed by atoms with Gasteiger partial charge in [0, 0.05) is 23.6 Å². The molecular weight excluding hydrogens is 358 g/mol. The van der Waals surface area contributed by atoms with Crippen molar-refractivity contribution in [2.45, 2.75) is 31.4 Å². The molecule has 2 heterocycles. The third-order valence-electron chi connectivity index (χ3n) is 6.34. The van der Waals surface area contributed by atoms with E-state index in [1.54, 1.807) is 0 Å². The molecule has 0 aromatic heterocycles. The number of piperidine rings is 1. The van der Waals surface area contributed by atoms with Crippen LogP contribution in [0.3, 0.4) is 0 Å². The Kier molecular flexibility index (Phi) is 4.99. The van der Waals surface area contributed by atoms with Crippen molar-refractivity contribution in [3.63, 3.8) is 0 Å². The third-order valence-corrected chi connectivity index (χ3v) is 6.34. The van der Waals surface area contributed by atoms with Crippen LogP contribution in [-0.2, 0) is 18.6 Å². The number of hydrogen-bond acceptors (Lipinski definition) is 3. The lowest BCUT2D eigenvalue weighted by Crippen LogP contribution is -2.43. The van der Waals surface area contributed by atoms with Gasteiger partial charge in [0.2, 0.25) is 0 Å². The van der Waals surface area contributed by atoms with Crippen LogP contribution in [-0.4, -0.2) is 24.6 Å². The van der Waals surface area contributed by atoms with E-state index in [0.29, 0.717) is 6.61 Å². The molecule has 3 aromatic rings. The van der Waals surface area contributed by atoms with Crippen LogP contribution < -0.4 is 9.47 Å². The molecule has 0 radical (unpaired) electrons. The van der Waals surface area contributed by atoms with Gasteiger partial charge >= 0.3 is 0 Å². The predicted octanol–water partition coefficient (Wildman–Crippen LogP) is 5.19. The molecule has 3 nitrogen and oxygen atoms in total. The summed E-state index contributed by atoms with van der Waals surface area (Å²) in [6.07, 6.45) is 2.30. The van der Waals surface area contributed by atoms with Crippen molar-refractivity contribution in [1.82, 2.24) is 4.90 Å². The van der Waals surface area contributed by atoms with E-state index >= 15 is 0 Å². The zero-order valence-corrected chi connectivity index (χ0v) is 16.7. The van der Waals surface area contributed by atoms with Gasteiger partial charge in [-0.1, -0.05) is 66.7 Å². The van der Waals surface area contributed by atoms with Crippen molar-refractivity contribution in [3.05, 3.63) is 95.6 Å². The molecule has 0 amide bonds. The minimum atomic E-state index is 0.167. The number of ether oxygens (including phenoxy) is 2. The van der Waals surface area contributed by atoms with Gasteiger partial charge in [0.25, 0.3) is 0 Å². The lowest BCUT2D eigenvalue weighted by molar-refractivity contribution is 0.130. The second-order valence-electron chi connectivity index (χ2n) is 8.26. The zero-order chi connectivity index (χ0) is 19.5. The maximum absolute atomic E-state index is 6.14. The van der Waals surface area contributed by atoms with E-state index in [0.717, 1.165) is 50.6 Å². The molecule has 0 bridgehead atoms. The van der Waals surface area contributed by atoms with Gasteiger partial charge in [-0.3, -0.25) is 4.90 Å². The molecule has 0 atom stereocenters. The molecule has 0 unspecified atom stereocenters. The first-order chi connectivity index (χ1) is 14.3. The Labute approximate surface area is 172 Å². The summed E-state index contributed by atoms with van der Waals surface area (Å²) in [7, 11) is 0. The smallest absolute Gasteiger partial charge is 0.126 e. The Morgan fingerprint density at radius 3 is 2.24 bits per heavy atom. The molecular formula is C26H27NO2. The molecule has 29 heavy (non-hydrogen) atoms. The Bertz CT molecular complexity index is 947. The van der Waals surface area contributed by atoms with Crippen LogP contribution in [0.4, 0.5) is 0 Å². The fourth-order valence-corrected chi connectivity index (χ4v) is 4.58. The van der Waals surface area contributed by atoms with E-state index in [1.807, 2.05) is 18.2 Å². The van der Waals surface area contributed by atoms with E-state index in [2.05, 4.69) is 65.6 Å². The summed E-state index contributed by atoms with van der Waals surface area (Å²) in [5, 5.41) is 0. The standard InChI is InChI=1S/C26H27NO2/c1-3-7-21(8-4-1)18-27-15-13-26(14-16-27)20-29-25-17-23(11-12-24(25)26)28-19-22-9-5-2-6-10-22/h1-12,17H,13-16,18-20H2. The normalized spacial score (nSPS) is 17.7.